The Bertz CT molecular complexity index is 959. The molecule has 164 valence electrons. The van der Waals surface area contributed by atoms with Crippen LogP contribution in [0, 0.1) is 10.1 Å². The SMILES string of the molecule is CC(C)(C)c1ccc(OCC(=O)N/N=C\c2ccc(N3CCCC3)c([N+](=O)[O-])c2)cc1. The van der Waals surface area contributed by atoms with Crippen LogP contribution in [0.25, 0.3) is 0 Å². The van der Waals surface area contributed by atoms with Gasteiger partial charge in [0.05, 0.1) is 11.1 Å². The fraction of sp³-hybridized carbons (Fsp3) is 0.391. The molecule has 1 aliphatic rings. The molecule has 1 heterocycles. The molecule has 1 saturated heterocycles. The van der Waals surface area contributed by atoms with Crippen molar-refractivity contribution in [3.8, 4) is 5.75 Å². The Morgan fingerprint density at radius 3 is 2.48 bits per heavy atom. The quantitative estimate of drug-likeness (QED) is 0.411. The molecule has 8 heteroatoms. The van der Waals surface area contributed by atoms with Crippen LogP contribution in [-0.2, 0) is 10.2 Å². The third-order valence-electron chi connectivity index (χ3n) is 5.14. The van der Waals surface area contributed by atoms with Gasteiger partial charge in [0.1, 0.15) is 11.4 Å². The van der Waals surface area contributed by atoms with Gasteiger partial charge in [0.25, 0.3) is 11.6 Å². The lowest BCUT2D eigenvalue weighted by Crippen LogP contribution is -2.24. The van der Waals surface area contributed by atoms with Gasteiger partial charge in [0.15, 0.2) is 6.61 Å². The minimum Gasteiger partial charge on any atom is -0.484 e. The van der Waals surface area contributed by atoms with Crippen molar-refractivity contribution < 1.29 is 14.5 Å². The highest BCUT2D eigenvalue weighted by Crippen LogP contribution is 2.31. The molecule has 31 heavy (non-hydrogen) atoms. The zero-order valence-corrected chi connectivity index (χ0v) is 18.1. The van der Waals surface area contributed by atoms with Gasteiger partial charge in [-0.1, -0.05) is 39.0 Å². The van der Waals surface area contributed by atoms with Crippen LogP contribution in [0.5, 0.6) is 5.75 Å². The van der Waals surface area contributed by atoms with Crippen LogP contribution in [0.15, 0.2) is 47.6 Å². The summed E-state index contributed by atoms with van der Waals surface area (Å²) in [5.41, 5.74) is 4.80. The zero-order chi connectivity index (χ0) is 22.4. The topological polar surface area (TPSA) is 97.1 Å². The number of nitro benzene ring substituents is 1. The number of ether oxygens (including phenoxy) is 1. The van der Waals surface area contributed by atoms with Crippen LogP contribution in [0.3, 0.4) is 0 Å². The molecule has 1 amide bonds. The second-order valence-electron chi connectivity index (χ2n) is 8.56. The zero-order valence-electron chi connectivity index (χ0n) is 18.1. The van der Waals surface area contributed by atoms with Gasteiger partial charge < -0.3 is 9.64 Å². The molecular formula is C23H28N4O4. The number of amides is 1. The van der Waals surface area contributed by atoms with E-state index < -0.39 is 5.91 Å². The van der Waals surface area contributed by atoms with Crippen molar-refractivity contribution in [2.24, 2.45) is 5.10 Å². The van der Waals surface area contributed by atoms with E-state index in [2.05, 4.69) is 31.3 Å². The molecule has 0 saturated carbocycles. The van der Waals surface area contributed by atoms with Gasteiger partial charge in [0.2, 0.25) is 0 Å². The first kappa shape index (κ1) is 22.3. The number of nitro groups is 1. The summed E-state index contributed by atoms with van der Waals surface area (Å²) in [4.78, 5) is 25.1. The third kappa shape index (κ3) is 6.04. The number of hydrogen-bond acceptors (Lipinski definition) is 6. The fourth-order valence-corrected chi connectivity index (χ4v) is 3.40. The third-order valence-corrected chi connectivity index (χ3v) is 5.14. The normalized spacial score (nSPS) is 14.1. The van der Waals surface area contributed by atoms with Crippen LogP contribution >= 0.6 is 0 Å². The molecule has 1 N–H and O–H groups in total. The van der Waals surface area contributed by atoms with Crippen LogP contribution < -0.4 is 15.1 Å². The Kier molecular flexibility index (Phi) is 6.89. The van der Waals surface area contributed by atoms with E-state index in [1.165, 1.54) is 17.8 Å². The maximum atomic E-state index is 12.0. The summed E-state index contributed by atoms with van der Waals surface area (Å²) in [6.45, 7) is 7.85. The van der Waals surface area contributed by atoms with Gasteiger partial charge in [-0.2, -0.15) is 5.10 Å². The molecule has 2 aromatic carbocycles. The van der Waals surface area contributed by atoms with Gasteiger partial charge in [-0.05, 0) is 42.0 Å². The number of benzene rings is 2. The van der Waals surface area contributed by atoms with Crippen molar-refractivity contribution in [1.29, 1.82) is 0 Å². The van der Waals surface area contributed by atoms with Crippen molar-refractivity contribution >= 4 is 23.5 Å². The standard InChI is InChI=1S/C23H28N4O4/c1-23(2,3)18-7-9-19(10-8-18)31-16-22(28)25-24-15-17-6-11-20(21(14-17)27(29)30)26-12-4-5-13-26/h6-11,14-15H,4-5,12-13,16H2,1-3H3,(H,25,28)/b24-15-. The molecule has 0 spiro atoms. The Morgan fingerprint density at radius 2 is 1.87 bits per heavy atom. The fourth-order valence-electron chi connectivity index (χ4n) is 3.40. The number of nitrogens with one attached hydrogen (secondary N) is 1. The molecule has 0 unspecified atom stereocenters. The van der Waals surface area contributed by atoms with E-state index in [9.17, 15) is 14.9 Å². The molecule has 0 aromatic heterocycles. The first-order chi connectivity index (χ1) is 14.7. The van der Waals surface area contributed by atoms with Crippen LogP contribution in [0.4, 0.5) is 11.4 Å². The van der Waals surface area contributed by atoms with Gasteiger partial charge in [-0.3, -0.25) is 14.9 Å². The minimum absolute atomic E-state index is 0.0409. The van der Waals surface area contributed by atoms with E-state index in [0.717, 1.165) is 25.9 Å². The number of anilines is 1. The summed E-state index contributed by atoms with van der Waals surface area (Å²) in [6.07, 6.45) is 3.46. The van der Waals surface area contributed by atoms with E-state index >= 15 is 0 Å². The lowest BCUT2D eigenvalue weighted by molar-refractivity contribution is -0.384. The number of nitrogens with zero attached hydrogens (tertiary/aromatic N) is 3. The maximum absolute atomic E-state index is 12.0. The molecular weight excluding hydrogens is 396 g/mol. The average molecular weight is 425 g/mol. The monoisotopic (exact) mass is 424 g/mol. The van der Waals surface area contributed by atoms with Crippen molar-refractivity contribution in [2.75, 3.05) is 24.6 Å². The molecule has 0 aliphatic carbocycles. The molecule has 2 aromatic rings. The Hall–Kier alpha value is -3.42. The van der Waals surface area contributed by atoms with Crippen molar-refractivity contribution in [3.63, 3.8) is 0 Å². The van der Waals surface area contributed by atoms with Crippen LogP contribution in [0.1, 0.15) is 44.7 Å². The van der Waals surface area contributed by atoms with Gasteiger partial charge in [-0.25, -0.2) is 5.43 Å². The highest BCUT2D eigenvalue weighted by atomic mass is 16.6. The second kappa shape index (κ2) is 9.59. The van der Waals surface area contributed by atoms with Gasteiger partial charge in [0, 0.05) is 24.7 Å². The van der Waals surface area contributed by atoms with Crippen LogP contribution in [0.2, 0.25) is 0 Å². The predicted molar refractivity (Wildman–Crippen MR) is 121 cm³/mol. The minimum atomic E-state index is -0.417. The number of hydrazone groups is 1. The molecule has 0 radical (unpaired) electrons. The first-order valence-electron chi connectivity index (χ1n) is 10.3. The molecule has 8 nitrogen and oxygen atoms in total. The van der Waals surface area contributed by atoms with Crippen molar-refractivity contribution in [3.05, 3.63) is 63.7 Å². The smallest absolute Gasteiger partial charge is 0.293 e. The predicted octanol–water partition coefficient (Wildman–Crippen LogP) is 4.02. The van der Waals surface area contributed by atoms with Gasteiger partial charge >= 0.3 is 0 Å². The highest BCUT2D eigenvalue weighted by molar-refractivity contribution is 5.85. The van der Waals surface area contributed by atoms with E-state index in [1.807, 2.05) is 29.2 Å². The van der Waals surface area contributed by atoms with E-state index in [1.54, 1.807) is 12.1 Å². The molecule has 1 fully saturated rings. The van der Waals surface area contributed by atoms with E-state index in [-0.39, 0.29) is 22.6 Å². The summed E-state index contributed by atoms with van der Waals surface area (Å²) >= 11 is 0. The van der Waals surface area contributed by atoms with E-state index in [4.69, 9.17) is 4.74 Å². The van der Waals surface area contributed by atoms with E-state index in [0.29, 0.717) is 17.0 Å². The Morgan fingerprint density at radius 1 is 1.19 bits per heavy atom. The maximum Gasteiger partial charge on any atom is 0.293 e. The lowest BCUT2D eigenvalue weighted by Gasteiger charge is -2.19. The number of rotatable bonds is 7. The first-order valence-corrected chi connectivity index (χ1v) is 10.3. The summed E-state index contributed by atoms with van der Waals surface area (Å²) in [5, 5.41) is 15.3. The summed E-state index contributed by atoms with van der Waals surface area (Å²) in [5.74, 6) is 0.180. The summed E-state index contributed by atoms with van der Waals surface area (Å²) in [6, 6.07) is 12.6. The highest BCUT2D eigenvalue weighted by Gasteiger charge is 2.22. The van der Waals surface area contributed by atoms with Crippen molar-refractivity contribution in [1.82, 2.24) is 5.43 Å². The average Bonchev–Trinajstić information content (AvgIpc) is 3.26. The number of hydrogen-bond donors (Lipinski definition) is 1. The number of carbonyl (C=O) groups excluding carboxylic acids is 1. The van der Waals surface area contributed by atoms with Crippen molar-refractivity contribution in [2.45, 2.75) is 39.0 Å². The summed E-state index contributed by atoms with van der Waals surface area (Å²) < 4.78 is 5.48. The molecule has 1 aliphatic heterocycles. The Balaban J connectivity index is 1.54. The molecule has 0 bridgehead atoms. The number of carbonyl (C=O) groups is 1. The largest absolute Gasteiger partial charge is 0.484 e. The second-order valence-corrected chi connectivity index (χ2v) is 8.56. The Labute approximate surface area is 182 Å². The lowest BCUT2D eigenvalue weighted by atomic mass is 9.87. The molecule has 3 rings (SSSR count). The van der Waals surface area contributed by atoms with Crippen LogP contribution in [-0.4, -0.2) is 36.7 Å². The molecule has 0 atom stereocenters. The van der Waals surface area contributed by atoms with Gasteiger partial charge in [-0.15, -0.1) is 0 Å². The summed E-state index contributed by atoms with van der Waals surface area (Å²) in [7, 11) is 0.